The van der Waals surface area contributed by atoms with E-state index in [0.29, 0.717) is 5.92 Å². The first-order chi connectivity index (χ1) is 20.1. The topological polar surface area (TPSA) is 3.24 Å². The van der Waals surface area contributed by atoms with E-state index in [1.165, 1.54) is 70.5 Å². The second-order valence-corrected chi connectivity index (χ2v) is 13.2. The van der Waals surface area contributed by atoms with Gasteiger partial charge in [-0.15, -0.1) is 11.3 Å². The van der Waals surface area contributed by atoms with E-state index in [2.05, 4.69) is 146 Å². The van der Waals surface area contributed by atoms with Crippen molar-refractivity contribution in [3.05, 3.63) is 150 Å². The molecule has 1 aromatic heterocycles. The van der Waals surface area contributed by atoms with Crippen molar-refractivity contribution in [2.24, 2.45) is 0 Å². The number of para-hydroxylation sites is 1. The van der Waals surface area contributed by atoms with Crippen LogP contribution in [0.5, 0.6) is 0 Å². The molecule has 196 valence electrons. The Morgan fingerprint density at radius 2 is 1.39 bits per heavy atom. The van der Waals surface area contributed by atoms with Crippen LogP contribution in [0.25, 0.3) is 36.9 Å². The van der Waals surface area contributed by atoms with Gasteiger partial charge in [-0.1, -0.05) is 105 Å². The summed E-state index contributed by atoms with van der Waals surface area (Å²) in [5, 5.41) is 2.69. The molecule has 0 amide bonds. The van der Waals surface area contributed by atoms with E-state index < -0.39 is 0 Å². The SMILES string of the molecule is CC1(C)C2=CC3c4ccccc4N(c4ccc(-c5ccc6sc7ccccc7c6c5)cc4)C3C=C2c2ccccc21. The molecule has 9 rings (SSSR count). The first kappa shape index (κ1) is 23.3. The lowest BCUT2D eigenvalue weighted by molar-refractivity contribution is 0.640. The average Bonchev–Trinajstić information content (AvgIpc) is 3.62. The third-order valence-corrected chi connectivity index (χ3v) is 10.8. The molecule has 0 fully saturated rings. The second-order valence-electron chi connectivity index (χ2n) is 12.1. The molecule has 2 atom stereocenters. The van der Waals surface area contributed by atoms with E-state index in [1.807, 2.05) is 11.3 Å². The fourth-order valence-corrected chi connectivity index (χ4v) is 8.70. The zero-order valence-electron chi connectivity index (χ0n) is 23.1. The lowest BCUT2D eigenvalue weighted by Crippen LogP contribution is -2.30. The van der Waals surface area contributed by atoms with Crippen LogP contribution in [-0.2, 0) is 5.41 Å². The first-order valence-corrected chi connectivity index (χ1v) is 15.3. The molecule has 1 aliphatic heterocycles. The molecule has 6 aromatic rings. The van der Waals surface area contributed by atoms with E-state index >= 15 is 0 Å². The van der Waals surface area contributed by atoms with Gasteiger partial charge >= 0.3 is 0 Å². The van der Waals surface area contributed by atoms with Gasteiger partial charge in [0.05, 0.1) is 6.04 Å². The Kier molecular flexibility index (Phi) is 4.73. The van der Waals surface area contributed by atoms with Gasteiger partial charge in [0, 0.05) is 42.9 Å². The molecule has 0 N–H and O–H groups in total. The molecule has 0 spiro atoms. The van der Waals surface area contributed by atoms with Gasteiger partial charge in [-0.3, -0.25) is 0 Å². The molecule has 0 saturated heterocycles. The summed E-state index contributed by atoms with van der Waals surface area (Å²) >= 11 is 1.87. The fourth-order valence-electron chi connectivity index (χ4n) is 7.61. The highest BCUT2D eigenvalue weighted by Gasteiger charge is 2.46. The highest BCUT2D eigenvalue weighted by molar-refractivity contribution is 7.25. The van der Waals surface area contributed by atoms with E-state index in [4.69, 9.17) is 0 Å². The highest BCUT2D eigenvalue weighted by Crippen LogP contribution is 2.57. The van der Waals surface area contributed by atoms with Gasteiger partial charge in [-0.2, -0.15) is 0 Å². The van der Waals surface area contributed by atoms with Crippen molar-refractivity contribution >= 4 is 48.5 Å². The maximum absolute atomic E-state index is 2.58. The molecular formula is C39H29NS. The molecule has 41 heavy (non-hydrogen) atoms. The Bertz CT molecular complexity index is 2090. The maximum Gasteiger partial charge on any atom is 0.0635 e. The number of fused-ring (bicyclic) bond motifs is 9. The van der Waals surface area contributed by atoms with Crippen molar-refractivity contribution in [2.45, 2.75) is 31.2 Å². The molecular weight excluding hydrogens is 515 g/mol. The van der Waals surface area contributed by atoms with Crippen LogP contribution in [0.3, 0.4) is 0 Å². The summed E-state index contributed by atoms with van der Waals surface area (Å²) in [7, 11) is 0. The number of rotatable bonds is 2. The zero-order chi connectivity index (χ0) is 27.3. The molecule has 0 bridgehead atoms. The van der Waals surface area contributed by atoms with Gasteiger partial charge in [-0.25, -0.2) is 0 Å². The largest absolute Gasteiger partial charge is 0.333 e. The van der Waals surface area contributed by atoms with Crippen LogP contribution in [-0.4, -0.2) is 6.04 Å². The number of benzene rings is 5. The lowest BCUT2D eigenvalue weighted by atomic mass is 9.76. The third-order valence-electron chi connectivity index (χ3n) is 9.61. The molecule has 5 aromatic carbocycles. The molecule has 1 nitrogen and oxygen atoms in total. The third kappa shape index (κ3) is 3.23. The van der Waals surface area contributed by atoms with E-state index in [9.17, 15) is 0 Å². The van der Waals surface area contributed by atoms with Gasteiger partial charge in [-0.05, 0) is 75.4 Å². The second kappa shape index (κ2) is 8.31. The summed E-state index contributed by atoms with van der Waals surface area (Å²) in [6.45, 7) is 4.76. The van der Waals surface area contributed by atoms with Crippen molar-refractivity contribution in [1.29, 1.82) is 0 Å². The van der Waals surface area contributed by atoms with Crippen LogP contribution in [0.4, 0.5) is 11.4 Å². The van der Waals surface area contributed by atoms with Crippen LogP contribution in [0.15, 0.2) is 133 Å². The summed E-state index contributed by atoms with van der Waals surface area (Å²) < 4.78 is 2.70. The minimum absolute atomic E-state index is 0.0201. The Labute approximate surface area is 244 Å². The van der Waals surface area contributed by atoms with Crippen LogP contribution < -0.4 is 4.90 Å². The van der Waals surface area contributed by atoms with Gasteiger partial charge in [0.25, 0.3) is 0 Å². The Morgan fingerprint density at radius 3 is 2.29 bits per heavy atom. The van der Waals surface area contributed by atoms with E-state index in [1.54, 1.807) is 0 Å². The molecule has 2 heteroatoms. The van der Waals surface area contributed by atoms with E-state index in [-0.39, 0.29) is 11.5 Å². The zero-order valence-corrected chi connectivity index (χ0v) is 24.0. The molecule has 2 heterocycles. The quantitative estimate of drug-likeness (QED) is 0.210. The van der Waals surface area contributed by atoms with Gasteiger partial charge in [0.15, 0.2) is 0 Å². The molecule has 2 unspecified atom stereocenters. The monoisotopic (exact) mass is 543 g/mol. The van der Waals surface area contributed by atoms with Crippen LogP contribution in [0, 0.1) is 0 Å². The summed E-state index contributed by atoms with van der Waals surface area (Å²) in [6, 6.07) is 43.1. The van der Waals surface area contributed by atoms with Crippen molar-refractivity contribution in [2.75, 3.05) is 4.90 Å². The lowest BCUT2D eigenvalue weighted by Gasteiger charge is -2.33. The Hall–Kier alpha value is -4.40. The van der Waals surface area contributed by atoms with Crippen molar-refractivity contribution < 1.29 is 0 Å². The highest BCUT2D eigenvalue weighted by atomic mass is 32.1. The van der Waals surface area contributed by atoms with Gasteiger partial charge in [0.1, 0.15) is 0 Å². The summed E-state index contributed by atoms with van der Waals surface area (Å²) in [6.07, 6.45) is 5.13. The number of anilines is 2. The van der Waals surface area contributed by atoms with Crippen LogP contribution >= 0.6 is 11.3 Å². The van der Waals surface area contributed by atoms with Crippen molar-refractivity contribution in [1.82, 2.24) is 0 Å². The van der Waals surface area contributed by atoms with Crippen molar-refractivity contribution in [3.63, 3.8) is 0 Å². The number of allylic oxidation sites excluding steroid dienone is 2. The summed E-state index contributed by atoms with van der Waals surface area (Å²) in [4.78, 5) is 2.56. The maximum atomic E-state index is 2.58. The minimum atomic E-state index is 0.0201. The number of thiophene rings is 1. The predicted molar refractivity (Wildman–Crippen MR) is 175 cm³/mol. The Balaban J connectivity index is 1.14. The molecule has 0 radical (unpaired) electrons. The number of nitrogens with zero attached hydrogens (tertiary/aromatic N) is 1. The van der Waals surface area contributed by atoms with Crippen LogP contribution in [0.2, 0.25) is 0 Å². The fraction of sp³-hybridized carbons (Fsp3) is 0.128. The van der Waals surface area contributed by atoms with Gasteiger partial charge in [0.2, 0.25) is 0 Å². The number of hydrogen-bond acceptors (Lipinski definition) is 2. The number of hydrogen-bond donors (Lipinski definition) is 0. The Morgan fingerprint density at radius 1 is 0.659 bits per heavy atom. The average molecular weight is 544 g/mol. The molecule has 0 saturated carbocycles. The standard InChI is InChI=1S/C39H29NS/c1-39(2)33-12-6-3-9-27(33)30-23-36-31(22-34(30)39)28-10-4-7-13-35(28)40(36)26-18-15-24(16-19-26)25-17-20-38-32(21-25)29-11-5-8-14-37(29)41-38/h3-23,31,36H,1-2H3. The van der Waals surface area contributed by atoms with Crippen LogP contribution in [0.1, 0.15) is 36.5 Å². The van der Waals surface area contributed by atoms with Gasteiger partial charge < -0.3 is 4.90 Å². The molecule has 3 aliphatic rings. The normalized spacial score (nSPS) is 19.9. The summed E-state index contributed by atoms with van der Waals surface area (Å²) in [5.41, 5.74) is 12.3. The van der Waals surface area contributed by atoms with E-state index in [0.717, 1.165) is 0 Å². The minimum Gasteiger partial charge on any atom is -0.333 e. The first-order valence-electron chi connectivity index (χ1n) is 14.5. The smallest absolute Gasteiger partial charge is 0.0635 e. The van der Waals surface area contributed by atoms with Crippen molar-refractivity contribution in [3.8, 4) is 11.1 Å². The predicted octanol–water partition coefficient (Wildman–Crippen LogP) is 10.6. The summed E-state index contributed by atoms with van der Waals surface area (Å²) in [5.74, 6) is 0.340. The molecule has 2 aliphatic carbocycles.